The highest BCUT2D eigenvalue weighted by Gasteiger charge is 2.29. The zero-order valence-electron chi connectivity index (χ0n) is 11.9. The Morgan fingerprint density at radius 1 is 1.32 bits per heavy atom. The molecule has 19 heavy (non-hydrogen) atoms. The highest BCUT2D eigenvalue weighted by molar-refractivity contribution is 5.94. The third kappa shape index (κ3) is 4.27. The van der Waals surface area contributed by atoms with Gasteiger partial charge in [0.05, 0.1) is 0 Å². The van der Waals surface area contributed by atoms with Gasteiger partial charge in [-0.25, -0.2) is 0 Å². The summed E-state index contributed by atoms with van der Waals surface area (Å²) in [7, 11) is 0. The molecule has 0 heterocycles. The van der Waals surface area contributed by atoms with E-state index in [4.69, 9.17) is 0 Å². The predicted octanol–water partition coefficient (Wildman–Crippen LogP) is 4.03. The number of hydrogen-bond donors (Lipinski definition) is 2. The van der Waals surface area contributed by atoms with Crippen molar-refractivity contribution in [1.82, 2.24) is 0 Å². The third-order valence-electron chi connectivity index (χ3n) is 3.58. The number of anilines is 2. The first kappa shape index (κ1) is 13.9. The van der Waals surface area contributed by atoms with Crippen molar-refractivity contribution < 1.29 is 4.79 Å². The second-order valence-electron chi connectivity index (χ2n) is 5.38. The number of amides is 1. The number of hydrogen-bond acceptors (Lipinski definition) is 2. The molecule has 0 aromatic heterocycles. The normalized spacial score (nSPS) is 15.9. The van der Waals surface area contributed by atoms with E-state index in [1.54, 1.807) is 0 Å². The fraction of sp³-hybridized carbons (Fsp3) is 0.562. The molecule has 1 saturated carbocycles. The molecule has 1 aliphatic rings. The first-order chi connectivity index (χ1) is 9.22. The number of rotatable bonds is 7. The molecular weight excluding hydrogens is 236 g/mol. The van der Waals surface area contributed by atoms with E-state index in [1.165, 1.54) is 12.8 Å². The lowest BCUT2D eigenvalue weighted by molar-refractivity contribution is -0.117. The van der Waals surface area contributed by atoms with Gasteiger partial charge in [-0.2, -0.15) is 0 Å². The molecule has 104 valence electrons. The fourth-order valence-corrected chi connectivity index (χ4v) is 2.24. The van der Waals surface area contributed by atoms with Gasteiger partial charge in [0.1, 0.15) is 0 Å². The van der Waals surface area contributed by atoms with Gasteiger partial charge >= 0.3 is 0 Å². The molecule has 0 aliphatic heterocycles. The van der Waals surface area contributed by atoms with Crippen LogP contribution in [0.5, 0.6) is 0 Å². The quantitative estimate of drug-likeness (QED) is 0.777. The molecule has 0 bridgehead atoms. The summed E-state index contributed by atoms with van der Waals surface area (Å²) in [5.41, 5.74) is 1.99. The van der Waals surface area contributed by atoms with E-state index in [1.807, 2.05) is 18.2 Å². The summed E-state index contributed by atoms with van der Waals surface area (Å²) >= 11 is 0. The second-order valence-corrected chi connectivity index (χ2v) is 5.38. The van der Waals surface area contributed by atoms with Crippen LogP contribution in [0.1, 0.15) is 46.0 Å². The molecule has 2 N–H and O–H groups in total. The fourth-order valence-electron chi connectivity index (χ4n) is 2.24. The van der Waals surface area contributed by atoms with Crippen LogP contribution in [0.15, 0.2) is 24.3 Å². The summed E-state index contributed by atoms with van der Waals surface area (Å²) in [6.45, 7) is 4.41. The van der Waals surface area contributed by atoms with Crippen molar-refractivity contribution in [2.45, 2.75) is 52.0 Å². The Hall–Kier alpha value is -1.51. The van der Waals surface area contributed by atoms with E-state index < -0.39 is 0 Å². The van der Waals surface area contributed by atoms with E-state index in [0.717, 1.165) is 30.6 Å². The van der Waals surface area contributed by atoms with Gasteiger partial charge in [0.2, 0.25) is 5.91 Å². The molecule has 0 spiro atoms. The lowest BCUT2D eigenvalue weighted by Gasteiger charge is -2.18. The van der Waals surface area contributed by atoms with Gasteiger partial charge in [-0.15, -0.1) is 0 Å². The topological polar surface area (TPSA) is 41.1 Å². The first-order valence-corrected chi connectivity index (χ1v) is 7.40. The largest absolute Gasteiger partial charge is 0.382 e. The van der Waals surface area contributed by atoms with E-state index in [0.29, 0.717) is 6.04 Å². The van der Waals surface area contributed by atoms with Crippen molar-refractivity contribution in [3.8, 4) is 0 Å². The Kier molecular flexibility index (Phi) is 4.83. The average molecular weight is 260 g/mol. The van der Waals surface area contributed by atoms with Crippen LogP contribution in [0, 0.1) is 5.92 Å². The van der Waals surface area contributed by atoms with Crippen molar-refractivity contribution in [3.63, 3.8) is 0 Å². The molecule has 1 fully saturated rings. The van der Waals surface area contributed by atoms with E-state index in [9.17, 15) is 4.79 Å². The summed E-state index contributed by atoms with van der Waals surface area (Å²) in [5, 5.41) is 6.53. The van der Waals surface area contributed by atoms with Crippen molar-refractivity contribution in [3.05, 3.63) is 24.3 Å². The van der Waals surface area contributed by atoms with E-state index in [2.05, 4.69) is 30.5 Å². The number of nitrogens with one attached hydrogen (secondary N) is 2. The van der Waals surface area contributed by atoms with Crippen LogP contribution < -0.4 is 10.6 Å². The van der Waals surface area contributed by atoms with Gasteiger partial charge < -0.3 is 10.6 Å². The summed E-state index contributed by atoms with van der Waals surface area (Å²) < 4.78 is 0. The Morgan fingerprint density at radius 3 is 2.68 bits per heavy atom. The highest BCUT2D eigenvalue weighted by atomic mass is 16.2. The van der Waals surface area contributed by atoms with Gasteiger partial charge in [0.25, 0.3) is 0 Å². The molecule has 1 aromatic carbocycles. The van der Waals surface area contributed by atoms with Gasteiger partial charge in [0, 0.05) is 23.3 Å². The maximum Gasteiger partial charge on any atom is 0.227 e. The zero-order chi connectivity index (χ0) is 13.7. The van der Waals surface area contributed by atoms with Crippen LogP contribution in [0.2, 0.25) is 0 Å². The smallest absolute Gasteiger partial charge is 0.227 e. The molecule has 3 heteroatoms. The molecule has 1 unspecified atom stereocenters. The Labute approximate surface area is 115 Å². The Balaban J connectivity index is 1.95. The lowest BCUT2D eigenvalue weighted by Crippen LogP contribution is -2.18. The molecule has 1 atom stereocenters. The minimum absolute atomic E-state index is 0.165. The zero-order valence-corrected chi connectivity index (χ0v) is 11.9. The first-order valence-electron chi connectivity index (χ1n) is 7.40. The predicted molar refractivity (Wildman–Crippen MR) is 80.4 cm³/mol. The minimum atomic E-state index is 0.165. The van der Waals surface area contributed by atoms with Gasteiger partial charge in [0.15, 0.2) is 0 Å². The number of benzene rings is 1. The molecule has 3 nitrogen and oxygen atoms in total. The summed E-state index contributed by atoms with van der Waals surface area (Å²) in [6.07, 6.45) is 5.56. The van der Waals surface area contributed by atoms with Crippen LogP contribution in [0.3, 0.4) is 0 Å². The Bertz CT molecular complexity index is 427. The van der Waals surface area contributed by atoms with Gasteiger partial charge in [-0.05, 0) is 43.9 Å². The minimum Gasteiger partial charge on any atom is -0.382 e. The van der Waals surface area contributed by atoms with Crippen LogP contribution in [0.4, 0.5) is 11.4 Å². The number of carbonyl (C=O) groups is 1. The molecule has 1 amide bonds. The summed E-state index contributed by atoms with van der Waals surface area (Å²) in [4.78, 5) is 11.7. The molecule has 0 saturated heterocycles. The average Bonchev–Trinajstić information content (AvgIpc) is 3.23. The maximum atomic E-state index is 11.7. The van der Waals surface area contributed by atoms with Gasteiger partial charge in [-0.1, -0.05) is 26.3 Å². The summed E-state index contributed by atoms with van der Waals surface area (Å²) in [6, 6.07) is 8.54. The molecular formula is C16H24N2O. The molecule has 1 aromatic rings. The Morgan fingerprint density at radius 2 is 2.05 bits per heavy atom. The van der Waals surface area contributed by atoms with Crippen molar-refractivity contribution in [2.75, 3.05) is 10.6 Å². The second kappa shape index (κ2) is 6.60. The van der Waals surface area contributed by atoms with Crippen LogP contribution in [-0.4, -0.2) is 11.9 Å². The lowest BCUT2D eigenvalue weighted by atomic mass is 10.1. The van der Waals surface area contributed by atoms with Crippen molar-refractivity contribution in [1.29, 1.82) is 0 Å². The standard InChI is InChI=1S/C16H24N2O/c1-3-6-13(4-2)17-14-7-5-8-15(11-14)18-16(19)12-9-10-12/h5,7-8,11-13,17H,3-4,6,9-10H2,1-2H3,(H,18,19). The van der Waals surface area contributed by atoms with E-state index in [-0.39, 0.29) is 11.8 Å². The van der Waals surface area contributed by atoms with Crippen molar-refractivity contribution in [2.24, 2.45) is 5.92 Å². The monoisotopic (exact) mass is 260 g/mol. The van der Waals surface area contributed by atoms with Crippen LogP contribution >= 0.6 is 0 Å². The molecule has 2 rings (SSSR count). The third-order valence-corrected chi connectivity index (χ3v) is 3.58. The SMILES string of the molecule is CCCC(CC)Nc1cccc(NC(=O)C2CC2)c1. The highest BCUT2D eigenvalue weighted by Crippen LogP contribution is 2.30. The molecule has 0 radical (unpaired) electrons. The molecule has 1 aliphatic carbocycles. The van der Waals surface area contributed by atoms with Crippen LogP contribution in [0.25, 0.3) is 0 Å². The number of carbonyl (C=O) groups excluding carboxylic acids is 1. The summed E-state index contributed by atoms with van der Waals surface area (Å²) in [5.74, 6) is 0.415. The van der Waals surface area contributed by atoms with Gasteiger partial charge in [-0.3, -0.25) is 4.79 Å². The van der Waals surface area contributed by atoms with Crippen molar-refractivity contribution >= 4 is 17.3 Å². The van der Waals surface area contributed by atoms with E-state index >= 15 is 0 Å². The maximum absolute atomic E-state index is 11.7. The van der Waals surface area contributed by atoms with Crippen LogP contribution in [-0.2, 0) is 4.79 Å².